The van der Waals surface area contributed by atoms with E-state index in [4.69, 9.17) is 9.15 Å². The van der Waals surface area contributed by atoms with Crippen molar-refractivity contribution < 1.29 is 13.9 Å². The summed E-state index contributed by atoms with van der Waals surface area (Å²) in [6.07, 6.45) is 2.39. The summed E-state index contributed by atoms with van der Waals surface area (Å²) in [5.74, 6) is 1.31. The molecule has 5 nitrogen and oxygen atoms in total. The van der Waals surface area contributed by atoms with E-state index < -0.39 is 0 Å². The maximum atomic E-state index is 12.2. The summed E-state index contributed by atoms with van der Waals surface area (Å²) < 4.78 is 11.2. The zero-order valence-corrected chi connectivity index (χ0v) is 14.3. The number of rotatable bonds is 6. The molecule has 0 aliphatic rings. The maximum absolute atomic E-state index is 12.2. The Balaban J connectivity index is 1.73. The number of ether oxygens (including phenoxy) is 1. The van der Waals surface area contributed by atoms with Gasteiger partial charge < -0.3 is 9.15 Å². The number of furan rings is 1. The zero-order chi connectivity index (χ0) is 17.6. The van der Waals surface area contributed by atoms with Gasteiger partial charge in [0.05, 0.1) is 12.8 Å². The van der Waals surface area contributed by atoms with Crippen LogP contribution in [0.25, 0.3) is 11.0 Å². The molecule has 0 saturated carbocycles. The highest BCUT2D eigenvalue weighted by Crippen LogP contribution is 2.24. The number of fused-ring (bicyclic) bond motifs is 1. The average Bonchev–Trinajstić information content (AvgIpc) is 3.00. The molecule has 0 aliphatic heterocycles. The Bertz CT molecular complexity index is 895. The molecule has 128 valence electrons. The number of nitrogens with one attached hydrogen (secondary N) is 1. The van der Waals surface area contributed by atoms with Gasteiger partial charge in [-0.25, -0.2) is 5.43 Å². The predicted molar refractivity (Wildman–Crippen MR) is 98.3 cm³/mol. The van der Waals surface area contributed by atoms with Crippen molar-refractivity contribution in [2.75, 3.05) is 6.61 Å². The summed E-state index contributed by atoms with van der Waals surface area (Å²) in [4.78, 5) is 12.2. The van der Waals surface area contributed by atoms with E-state index in [1.54, 1.807) is 30.5 Å². The molecule has 0 fully saturated rings. The van der Waals surface area contributed by atoms with Gasteiger partial charge in [-0.1, -0.05) is 25.1 Å². The Kier molecular flexibility index (Phi) is 5.14. The third-order valence-electron chi connectivity index (χ3n) is 3.82. The highest BCUT2D eigenvalue weighted by atomic mass is 16.5. The second kappa shape index (κ2) is 7.66. The number of para-hydroxylation sites is 1. The molecule has 25 heavy (non-hydrogen) atoms. The lowest BCUT2D eigenvalue weighted by Gasteiger charge is -2.04. The minimum absolute atomic E-state index is 0.273. The predicted octanol–water partition coefficient (Wildman–Crippen LogP) is 4.16. The minimum atomic E-state index is -0.273. The maximum Gasteiger partial charge on any atom is 0.271 e. The topological polar surface area (TPSA) is 63.8 Å². The second-order valence-electron chi connectivity index (χ2n) is 5.45. The lowest BCUT2D eigenvalue weighted by molar-refractivity contribution is 0.0955. The van der Waals surface area contributed by atoms with Gasteiger partial charge in [-0.3, -0.25) is 4.79 Å². The normalized spacial score (nSPS) is 11.1. The van der Waals surface area contributed by atoms with Crippen LogP contribution in [0.4, 0.5) is 0 Å². The summed E-state index contributed by atoms with van der Waals surface area (Å²) in [6.45, 7) is 4.53. The lowest BCUT2D eigenvalue weighted by atomic mass is 10.1. The SMILES string of the molecule is CCOc1ccc(C(=O)N/N=C\c2c(CC)oc3ccccc23)cc1. The van der Waals surface area contributed by atoms with Gasteiger partial charge in [0.1, 0.15) is 17.1 Å². The van der Waals surface area contributed by atoms with Crippen LogP contribution in [0.5, 0.6) is 5.75 Å². The van der Waals surface area contributed by atoms with E-state index in [0.717, 1.165) is 34.5 Å². The first-order valence-corrected chi connectivity index (χ1v) is 8.29. The summed E-state index contributed by atoms with van der Waals surface area (Å²) in [6, 6.07) is 14.7. The first-order valence-electron chi connectivity index (χ1n) is 8.29. The number of benzene rings is 2. The Morgan fingerprint density at radius 2 is 1.92 bits per heavy atom. The molecule has 1 aromatic heterocycles. The third kappa shape index (κ3) is 3.71. The fraction of sp³-hybridized carbons (Fsp3) is 0.200. The van der Waals surface area contributed by atoms with Crippen LogP contribution in [0.1, 0.15) is 35.5 Å². The molecular formula is C20H20N2O3. The molecule has 1 heterocycles. The van der Waals surface area contributed by atoms with Crippen LogP contribution in [-0.2, 0) is 6.42 Å². The minimum Gasteiger partial charge on any atom is -0.494 e. The van der Waals surface area contributed by atoms with E-state index in [9.17, 15) is 4.79 Å². The number of aryl methyl sites for hydroxylation is 1. The monoisotopic (exact) mass is 336 g/mol. The summed E-state index contributed by atoms with van der Waals surface area (Å²) in [7, 11) is 0. The molecule has 0 bridgehead atoms. The van der Waals surface area contributed by atoms with Crippen molar-refractivity contribution in [3.63, 3.8) is 0 Å². The molecule has 3 aromatic rings. The zero-order valence-electron chi connectivity index (χ0n) is 14.3. The van der Waals surface area contributed by atoms with Crippen molar-refractivity contribution in [2.24, 2.45) is 5.10 Å². The number of nitrogens with zero attached hydrogens (tertiary/aromatic N) is 1. The molecule has 1 amide bonds. The van der Waals surface area contributed by atoms with E-state index >= 15 is 0 Å². The van der Waals surface area contributed by atoms with Gasteiger partial charge in [-0.2, -0.15) is 5.10 Å². The quantitative estimate of drug-likeness (QED) is 0.543. The number of hydrazone groups is 1. The average molecular weight is 336 g/mol. The van der Waals surface area contributed by atoms with Crippen molar-refractivity contribution in [3.05, 3.63) is 65.4 Å². The van der Waals surface area contributed by atoms with E-state index in [-0.39, 0.29) is 5.91 Å². The highest BCUT2D eigenvalue weighted by molar-refractivity contribution is 6.00. The van der Waals surface area contributed by atoms with E-state index in [1.807, 2.05) is 38.1 Å². The molecule has 0 atom stereocenters. The van der Waals surface area contributed by atoms with Crippen molar-refractivity contribution >= 4 is 23.1 Å². The molecule has 0 saturated heterocycles. The Labute approximate surface area is 146 Å². The largest absolute Gasteiger partial charge is 0.494 e. The first kappa shape index (κ1) is 16.8. The Morgan fingerprint density at radius 1 is 1.16 bits per heavy atom. The fourth-order valence-corrected chi connectivity index (χ4v) is 2.61. The van der Waals surface area contributed by atoms with Gasteiger partial charge in [-0.15, -0.1) is 0 Å². The molecular weight excluding hydrogens is 316 g/mol. The smallest absolute Gasteiger partial charge is 0.271 e. The number of hydrogen-bond donors (Lipinski definition) is 1. The van der Waals surface area contributed by atoms with Crippen LogP contribution in [-0.4, -0.2) is 18.7 Å². The number of hydrogen-bond acceptors (Lipinski definition) is 4. The molecule has 3 rings (SSSR count). The second-order valence-corrected chi connectivity index (χ2v) is 5.45. The van der Waals surface area contributed by atoms with Gasteiger partial charge in [-0.05, 0) is 37.3 Å². The summed E-state index contributed by atoms with van der Waals surface area (Å²) >= 11 is 0. The molecule has 0 radical (unpaired) electrons. The highest BCUT2D eigenvalue weighted by Gasteiger charge is 2.10. The molecule has 0 aliphatic carbocycles. The molecule has 5 heteroatoms. The van der Waals surface area contributed by atoms with Crippen molar-refractivity contribution in [1.29, 1.82) is 0 Å². The van der Waals surface area contributed by atoms with Gasteiger partial charge in [0.2, 0.25) is 0 Å². The Morgan fingerprint density at radius 3 is 2.64 bits per heavy atom. The first-order chi connectivity index (χ1) is 12.2. The van der Waals surface area contributed by atoms with E-state index in [2.05, 4.69) is 10.5 Å². The molecule has 0 unspecified atom stereocenters. The van der Waals surface area contributed by atoms with E-state index in [0.29, 0.717) is 12.2 Å². The van der Waals surface area contributed by atoms with E-state index in [1.165, 1.54) is 0 Å². The fourth-order valence-electron chi connectivity index (χ4n) is 2.61. The Hall–Kier alpha value is -3.08. The van der Waals surface area contributed by atoms with Gasteiger partial charge >= 0.3 is 0 Å². The molecule has 2 aromatic carbocycles. The van der Waals surface area contributed by atoms with Gasteiger partial charge in [0, 0.05) is 22.9 Å². The van der Waals surface area contributed by atoms with Crippen LogP contribution in [0.2, 0.25) is 0 Å². The van der Waals surface area contributed by atoms with Gasteiger partial charge in [0.15, 0.2) is 0 Å². The standard InChI is InChI=1S/C20H20N2O3/c1-3-18-17(16-7-5-6-8-19(16)25-18)13-21-22-20(23)14-9-11-15(12-10-14)24-4-2/h5-13H,3-4H2,1-2H3,(H,22,23)/b21-13-. The number of carbonyl (C=O) groups is 1. The van der Waals surface area contributed by atoms with Crippen LogP contribution < -0.4 is 10.2 Å². The summed E-state index contributed by atoms with van der Waals surface area (Å²) in [5, 5.41) is 5.08. The van der Waals surface area contributed by atoms with Crippen LogP contribution in [0.15, 0.2) is 58.0 Å². The van der Waals surface area contributed by atoms with Crippen molar-refractivity contribution in [1.82, 2.24) is 5.43 Å². The molecule has 1 N–H and O–H groups in total. The van der Waals surface area contributed by atoms with Crippen molar-refractivity contribution in [2.45, 2.75) is 20.3 Å². The molecule has 0 spiro atoms. The van der Waals surface area contributed by atoms with Crippen LogP contribution >= 0.6 is 0 Å². The van der Waals surface area contributed by atoms with Crippen LogP contribution in [0.3, 0.4) is 0 Å². The lowest BCUT2D eigenvalue weighted by Crippen LogP contribution is -2.17. The van der Waals surface area contributed by atoms with Crippen LogP contribution in [0, 0.1) is 0 Å². The van der Waals surface area contributed by atoms with Crippen molar-refractivity contribution in [3.8, 4) is 5.75 Å². The number of carbonyl (C=O) groups excluding carboxylic acids is 1. The third-order valence-corrected chi connectivity index (χ3v) is 3.82. The summed E-state index contributed by atoms with van der Waals surface area (Å²) in [5.41, 5.74) is 4.79. The van der Waals surface area contributed by atoms with Gasteiger partial charge in [0.25, 0.3) is 5.91 Å². The number of amides is 1.